The van der Waals surface area contributed by atoms with Crippen molar-refractivity contribution < 1.29 is 28.9 Å². The Morgan fingerprint density at radius 3 is 2.61 bits per heavy atom. The molecule has 0 saturated heterocycles. The number of hydrogen-bond acceptors (Lipinski definition) is 10. The number of fused-ring (bicyclic) bond motifs is 1. The monoisotopic (exact) mass is 692 g/mol. The predicted octanol–water partition coefficient (Wildman–Crippen LogP) is 6.64. The normalized spacial score (nSPS) is 23.8. The summed E-state index contributed by atoms with van der Waals surface area (Å²) >= 11 is 1.55. The van der Waals surface area contributed by atoms with E-state index < -0.39 is 23.6 Å². The molecule has 0 aliphatic heterocycles. The number of aromatic nitrogens is 2. The van der Waals surface area contributed by atoms with Crippen molar-refractivity contribution in [1.82, 2.24) is 20.2 Å². The van der Waals surface area contributed by atoms with E-state index in [1.165, 1.54) is 0 Å². The minimum Gasteiger partial charge on any atom is -0.496 e. The number of nitrogens with zero attached hydrogens (tertiary/aromatic N) is 3. The van der Waals surface area contributed by atoms with Gasteiger partial charge in [-0.05, 0) is 76.3 Å². The minimum absolute atomic E-state index is 0.0141. The lowest BCUT2D eigenvalue weighted by Gasteiger charge is -2.30. The van der Waals surface area contributed by atoms with Gasteiger partial charge in [-0.3, -0.25) is 14.9 Å². The van der Waals surface area contributed by atoms with Gasteiger partial charge in [-0.2, -0.15) is 0 Å². The van der Waals surface area contributed by atoms with Crippen LogP contribution in [-0.4, -0.2) is 77.0 Å². The highest BCUT2D eigenvalue weighted by molar-refractivity contribution is 7.13. The molecule has 11 heteroatoms. The van der Waals surface area contributed by atoms with Gasteiger partial charge < -0.3 is 24.2 Å². The first-order chi connectivity index (χ1) is 23.4. The fraction of sp³-hybridized carbons (Fsp3) is 0.579. The lowest BCUT2D eigenvalue weighted by atomic mass is 9.92. The number of methoxy groups -OCH3 is 1. The standard InChI is InChI=1S/C38H52N4O6S/c1-9-11-12-13-16-42(7)36(44)28-18-25(17-27(28)34(43)41-38(20-23(38)5)37(45)47-10-2)48-32-19-29(35-40-30(21-49-35)22(3)4)39-33-24(6)31(46-8)15-14-26(32)33/h9,14-15,19,21-23,25,27-28,34,41,43H,1,10-13,16-18,20H2,2-8H3/t23-,25-,27-,28-,34?,38-/m1/s1. The molecule has 2 aromatic heterocycles. The molecular weight excluding hydrogens is 641 g/mol. The number of nitrogens with one attached hydrogen (secondary N) is 1. The van der Waals surface area contributed by atoms with Crippen LogP contribution < -0.4 is 14.8 Å². The van der Waals surface area contributed by atoms with Crippen LogP contribution in [0.5, 0.6) is 11.5 Å². The molecule has 0 spiro atoms. The van der Waals surface area contributed by atoms with E-state index in [4.69, 9.17) is 24.2 Å². The third kappa shape index (κ3) is 7.79. The van der Waals surface area contributed by atoms with Gasteiger partial charge in [-0.1, -0.05) is 26.8 Å². The first-order valence-electron chi connectivity index (χ1n) is 17.5. The summed E-state index contributed by atoms with van der Waals surface area (Å²) in [6.45, 7) is 14.6. The second-order valence-corrected chi connectivity index (χ2v) is 14.8. The molecule has 2 heterocycles. The summed E-state index contributed by atoms with van der Waals surface area (Å²) in [5.74, 6) is 0.291. The number of benzene rings is 1. The summed E-state index contributed by atoms with van der Waals surface area (Å²) < 4.78 is 17.8. The highest BCUT2D eigenvalue weighted by Crippen LogP contribution is 2.47. The van der Waals surface area contributed by atoms with Crippen LogP contribution in [0.4, 0.5) is 0 Å². The maximum absolute atomic E-state index is 14.0. The number of esters is 1. The largest absolute Gasteiger partial charge is 0.496 e. The van der Waals surface area contributed by atoms with Crippen LogP contribution in [-0.2, 0) is 14.3 Å². The number of amides is 1. The lowest BCUT2D eigenvalue weighted by Crippen LogP contribution is -2.52. The second kappa shape index (κ2) is 15.6. The molecule has 3 aromatic rings. The van der Waals surface area contributed by atoms with Gasteiger partial charge in [0.1, 0.15) is 34.0 Å². The Hall–Kier alpha value is -3.54. The van der Waals surface area contributed by atoms with Crippen molar-refractivity contribution in [3.05, 3.63) is 47.5 Å². The molecule has 2 aliphatic rings. The first-order valence-corrected chi connectivity index (χ1v) is 18.4. The van der Waals surface area contributed by atoms with E-state index in [-0.39, 0.29) is 36.4 Å². The number of unbranched alkanes of at least 4 members (excludes halogenated alkanes) is 2. The van der Waals surface area contributed by atoms with Gasteiger partial charge in [-0.15, -0.1) is 17.9 Å². The molecular formula is C38H52N4O6S. The summed E-state index contributed by atoms with van der Waals surface area (Å²) in [6.07, 6.45) is 4.53. The Kier molecular flexibility index (Phi) is 11.7. The molecule has 1 unspecified atom stereocenters. The van der Waals surface area contributed by atoms with E-state index >= 15 is 0 Å². The highest BCUT2D eigenvalue weighted by atomic mass is 32.1. The first kappa shape index (κ1) is 36.7. The van der Waals surface area contributed by atoms with Crippen LogP contribution in [0.1, 0.15) is 83.4 Å². The van der Waals surface area contributed by atoms with Crippen LogP contribution in [0.2, 0.25) is 0 Å². The third-order valence-corrected chi connectivity index (χ3v) is 11.0. The van der Waals surface area contributed by atoms with Crippen LogP contribution in [0.15, 0.2) is 36.2 Å². The van der Waals surface area contributed by atoms with Gasteiger partial charge in [-0.25, -0.2) is 9.97 Å². The SMILES string of the molecule is C=CCCCCN(C)C(=O)[C@@H]1C[C@H](Oc2cc(-c3nc(C(C)C)cs3)nc3c(C)c(OC)ccc23)C[C@H]1C(O)N[C@]1(C(=O)OCC)C[C@H]1C. The molecule has 6 atom stereocenters. The zero-order chi connectivity index (χ0) is 35.5. The minimum atomic E-state index is -1.10. The summed E-state index contributed by atoms with van der Waals surface area (Å²) in [5, 5.41) is 18.6. The van der Waals surface area contributed by atoms with Gasteiger partial charge in [0.15, 0.2) is 0 Å². The molecule has 0 radical (unpaired) electrons. The molecule has 266 valence electrons. The maximum atomic E-state index is 14.0. The molecule has 10 nitrogen and oxygen atoms in total. The Morgan fingerprint density at radius 1 is 1.22 bits per heavy atom. The van der Waals surface area contributed by atoms with E-state index in [1.54, 1.807) is 30.3 Å². The van der Waals surface area contributed by atoms with Gasteiger partial charge in [0.25, 0.3) is 0 Å². The van der Waals surface area contributed by atoms with Crippen molar-refractivity contribution in [3.63, 3.8) is 0 Å². The van der Waals surface area contributed by atoms with Gasteiger partial charge in [0, 0.05) is 47.8 Å². The average molecular weight is 693 g/mol. The number of carbonyl (C=O) groups is 2. The third-order valence-electron chi connectivity index (χ3n) is 10.2. The number of carbonyl (C=O) groups excluding carboxylic acids is 2. The number of aliphatic hydroxyl groups is 1. The van der Waals surface area contributed by atoms with Crippen molar-refractivity contribution in [3.8, 4) is 22.2 Å². The molecule has 2 N–H and O–H groups in total. The fourth-order valence-corrected chi connectivity index (χ4v) is 7.98. The molecule has 1 amide bonds. The Morgan fingerprint density at radius 2 is 1.98 bits per heavy atom. The number of hydrogen-bond donors (Lipinski definition) is 2. The van der Waals surface area contributed by atoms with E-state index in [0.29, 0.717) is 37.3 Å². The number of thiazole rings is 1. The average Bonchev–Trinajstić information content (AvgIpc) is 3.41. The van der Waals surface area contributed by atoms with Gasteiger partial charge in [0.05, 0.1) is 31.0 Å². The number of rotatable bonds is 16. The van der Waals surface area contributed by atoms with Crippen molar-refractivity contribution >= 4 is 34.1 Å². The smallest absolute Gasteiger partial charge is 0.326 e. The van der Waals surface area contributed by atoms with Gasteiger partial charge >= 0.3 is 5.97 Å². The molecule has 2 aliphatic carbocycles. The highest BCUT2D eigenvalue weighted by Gasteiger charge is 2.60. The topological polar surface area (TPSA) is 123 Å². The summed E-state index contributed by atoms with van der Waals surface area (Å²) in [5.41, 5.74) is 2.42. The van der Waals surface area contributed by atoms with Crippen LogP contribution in [0.3, 0.4) is 0 Å². The molecule has 2 saturated carbocycles. The number of aliphatic hydroxyl groups excluding tert-OH is 1. The molecule has 0 bridgehead atoms. The predicted molar refractivity (Wildman–Crippen MR) is 193 cm³/mol. The van der Waals surface area contributed by atoms with Crippen molar-refractivity contribution in [2.24, 2.45) is 17.8 Å². The van der Waals surface area contributed by atoms with E-state index in [2.05, 4.69) is 31.1 Å². The summed E-state index contributed by atoms with van der Waals surface area (Å²) in [6, 6.07) is 5.80. The van der Waals surface area contributed by atoms with Crippen LogP contribution in [0, 0.1) is 24.7 Å². The number of allylic oxidation sites excluding steroid dienone is 1. The number of pyridine rings is 1. The van der Waals surface area contributed by atoms with E-state index in [0.717, 1.165) is 52.2 Å². The Labute approximate surface area is 294 Å². The Balaban J connectivity index is 1.46. The zero-order valence-electron chi connectivity index (χ0n) is 30.0. The van der Waals surface area contributed by atoms with Crippen molar-refractivity contribution in [1.29, 1.82) is 0 Å². The quantitative estimate of drug-likeness (QED) is 0.0737. The Bertz CT molecular complexity index is 1660. The molecule has 5 rings (SSSR count). The van der Waals surface area contributed by atoms with E-state index in [9.17, 15) is 14.7 Å². The van der Waals surface area contributed by atoms with Crippen molar-refractivity contribution in [2.45, 2.75) is 96.9 Å². The maximum Gasteiger partial charge on any atom is 0.326 e. The van der Waals surface area contributed by atoms with Gasteiger partial charge in [0.2, 0.25) is 5.91 Å². The number of aryl methyl sites for hydroxylation is 1. The van der Waals surface area contributed by atoms with Crippen LogP contribution in [0.25, 0.3) is 21.6 Å². The second-order valence-electron chi connectivity index (χ2n) is 13.9. The molecule has 1 aromatic carbocycles. The van der Waals surface area contributed by atoms with Crippen LogP contribution >= 0.6 is 11.3 Å². The molecule has 49 heavy (non-hydrogen) atoms. The lowest BCUT2D eigenvalue weighted by molar-refractivity contribution is -0.149. The molecule has 2 fully saturated rings. The number of ether oxygens (including phenoxy) is 3. The summed E-state index contributed by atoms with van der Waals surface area (Å²) in [4.78, 5) is 38.6. The fourth-order valence-electron chi connectivity index (χ4n) is 7.04. The zero-order valence-corrected chi connectivity index (χ0v) is 30.8. The van der Waals surface area contributed by atoms with Crippen molar-refractivity contribution in [2.75, 3.05) is 27.3 Å². The van der Waals surface area contributed by atoms with E-state index in [1.807, 2.05) is 45.2 Å². The summed E-state index contributed by atoms with van der Waals surface area (Å²) in [7, 11) is 3.47.